The van der Waals surface area contributed by atoms with E-state index in [1.807, 2.05) is 28.8 Å². The van der Waals surface area contributed by atoms with E-state index in [2.05, 4.69) is 15.3 Å². The van der Waals surface area contributed by atoms with Crippen LogP contribution in [0.3, 0.4) is 0 Å². The molecular formula is C17H18F3N5. The highest BCUT2D eigenvalue weighted by Crippen LogP contribution is 2.30. The van der Waals surface area contributed by atoms with Gasteiger partial charge in [-0.3, -0.25) is 0 Å². The third kappa shape index (κ3) is 3.26. The van der Waals surface area contributed by atoms with Gasteiger partial charge in [-0.15, -0.1) is 0 Å². The molecule has 0 aliphatic carbocycles. The molecule has 132 valence electrons. The molecule has 0 fully saturated rings. The van der Waals surface area contributed by atoms with Crippen molar-refractivity contribution in [2.24, 2.45) is 5.92 Å². The third-order valence-electron chi connectivity index (χ3n) is 4.63. The molecular weight excluding hydrogens is 331 g/mol. The molecule has 0 aromatic carbocycles. The lowest BCUT2D eigenvalue weighted by Crippen LogP contribution is -2.30. The molecule has 0 radical (unpaired) electrons. The molecule has 0 bridgehead atoms. The van der Waals surface area contributed by atoms with Crippen LogP contribution in [0.2, 0.25) is 0 Å². The van der Waals surface area contributed by atoms with Crippen molar-refractivity contribution in [3.8, 4) is 0 Å². The molecule has 4 heterocycles. The van der Waals surface area contributed by atoms with Crippen LogP contribution in [0, 0.1) is 5.92 Å². The van der Waals surface area contributed by atoms with Crippen molar-refractivity contribution in [3.05, 3.63) is 54.0 Å². The number of aryl methyl sites for hydroxylation is 1. The van der Waals surface area contributed by atoms with Gasteiger partial charge in [0, 0.05) is 50.3 Å². The first-order valence-electron chi connectivity index (χ1n) is 8.25. The Hall–Kier alpha value is -2.35. The Morgan fingerprint density at radius 1 is 1.28 bits per heavy atom. The molecule has 0 saturated heterocycles. The average Bonchev–Trinajstić information content (AvgIpc) is 3.21. The molecule has 4 rings (SSSR count). The van der Waals surface area contributed by atoms with Crippen molar-refractivity contribution >= 4 is 5.65 Å². The molecule has 8 heteroatoms. The minimum absolute atomic E-state index is 0.296. The van der Waals surface area contributed by atoms with E-state index in [0.717, 1.165) is 30.5 Å². The van der Waals surface area contributed by atoms with Gasteiger partial charge in [0.2, 0.25) is 0 Å². The summed E-state index contributed by atoms with van der Waals surface area (Å²) in [5, 5.41) is 3.42. The Labute approximate surface area is 142 Å². The van der Waals surface area contributed by atoms with Crippen molar-refractivity contribution < 1.29 is 13.2 Å². The summed E-state index contributed by atoms with van der Waals surface area (Å²) in [4.78, 5) is 7.98. The van der Waals surface area contributed by atoms with Crippen molar-refractivity contribution in [1.82, 2.24) is 24.3 Å². The molecule has 0 unspecified atom stereocenters. The predicted molar refractivity (Wildman–Crippen MR) is 85.9 cm³/mol. The highest BCUT2D eigenvalue weighted by molar-refractivity contribution is 5.39. The molecule has 3 aromatic rings. The standard InChI is InChI=1S/C17H18F3N5/c18-17(19,20)14-11-24-10-12(4-5-16(24)23-14)8-21-9-13-2-1-3-15-22-6-7-25(13)15/h1-3,6-7,11-12,21H,4-5,8-10H2/t12-/m1/s1. The summed E-state index contributed by atoms with van der Waals surface area (Å²) in [7, 11) is 0. The van der Waals surface area contributed by atoms with E-state index in [0.29, 0.717) is 31.3 Å². The van der Waals surface area contributed by atoms with E-state index < -0.39 is 11.9 Å². The number of rotatable bonds is 4. The summed E-state index contributed by atoms with van der Waals surface area (Å²) in [6.07, 6.45) is 1.87. The maximum Gasteiger partial charge on any atom is 0.434 e. The van der Waals surface area contributed by atoms with Crippen LogP contribution < -0.4 is 5.32 Å². The zero-order valence-corrected chi connectivity index (χ0v) is 13.5. The van der Waals surface area contributed by atoms with Gasteiger partial charge in [0.25, 0.3) is 0 Å². The zero-order chi connectivity index (χ0) is 17.4. The number of pyridine rings is 1. The van der Waals surface area contributed by atoms with Crippen LogP contribution in [0.15, 0.2) is 36.8 Å². The van der Waals surface area contributed by atoms with Crippen LogP contribution >= 0.6 is 0 Å². The van der Waals surface area contributed by atoms with Gasteiger partial charge >= 0.3 is 6.18 Å². The maximum absolute atomic E-state index is 12.8. The average molecular weight is 349 g/mol. The molecule has 1 atom stereocenters. The lowest BCUT2D eigenvalue weighted by atomic mass is 9.99. The molecule has 0 spiro atoms. The number of hydrogen-bond acceptors (Lipinski definition) is 3. The summed E-state index contributed by atoms with van der Waals surface area (Å²) in [6.45, 7) is 2.01. The topological polar surface area (TPSA) is 47.2 Å². The lowest BCUT2D eigenvalue weighted by Gasteiger charge is -2.24. The Balaban J connectivity index is 1.37. The minimum Gasteiger partial charge on any atom is -0.334 e. The first-order chi connectivity index (χ1) is 12.0. The minimum atomic E-state index is -4.37. The van der Waals surface area contributed by atoms with E-state index >= 15 is 0 Å². The Morgan fingerprint density at radius 3 is 3.00 bits per heavy atom. The number of alkyl halides is 3. The predicted octanol–water partition coefficient (Wildman–Crippen LogP) is 2.90. The van der Waals surface area contributed by atoms with Crippen molar-refractivity contribution in [3.63, 3.8) is 0 Å². The fraction of sp³-hybridized carbons (Fsp3) is 0.412. The summed E-state index contributed by atoms with van der Waals surface area (Å²) >= 11 is 0. The second kappa shape index (κ2) is 6.18. The summed E-state index contributed by atoms with van der Waals surface area (Å²) < 4.78 is 42.0. The molecule has 25 heavy (non-hydrogen) atoms. The normalized spacial score (nSPS) is 17.8. The number of aromatic nitrogens is 4. The van der Waals surface area contributed by atoms with Gasteiger partial charge in [-0.25, -0.2) is 9.97 Å². The van der Waals surface area contributed by atoms with Gasteiger partial charge < -0.3 is 14.3 Å². The van der Waals surface area contributed by atoms with Crippen LogP contribution in [0.25, 0.3) is 5.65 Å². The van der Waals surface area contributed by atoms with Crippen LogP contribution in [0.4, 0.5) is 13.2 Å². The second-order valence-corrected chi connectivity index (χ2v) is 6.40. The van der Waals surface area contributed by atoms with Crippen LogP contribution in [-0.4, -0.2) is 25.5 Å². The summed E-state index contributed by atoms with van der Waals surface area (Å²) in [6, 6.07) is 5.95. The van der Waals surface area contributed by atoms with E-state index in [1.54, 1.807) is 10.8 Å². The molecule has 0 amide bonds. The number of halogens is 3. The number of nitrogens with one attached hydrogen (secondary N) is 1. The van der Waals surface area contributed by atoms with E-state index in [1.165, 1.54) is 0 Å². The number of imidazole rings is 2. The molecule has 0 saturated carbocycles. The van der Waals surface area contributed by atoms with Crippen LogP contribution in [0.1, 0.15) is 23.6 Å². The van der Waals surface area contributed by atoms with Gasteiger partial charge in [-0.2, -0.15) is 13.2 Å². The summed E-state index contributed by atoms with van der Waals surface area (Å²) in [5.41, 5.74) is 1.22. The monoisotopic (exact) mass is 349 g/mol. The van der Waals surface area contributed by atoms with E-state index in [-0.39, 0.29) is 0 Å². The summed E-state index contributed by atoms with van der Waals surface area (Å²) in [5.74, 6) is 0.830. The first kappa shape index (κ1) is 16.1. The smallest absolute Gasteiger partial charge is 0.334 e. The fourth-order valence-electron chi connectivity index (χ4n) is 3.37. The van der Waals surface area contributed by atoms with Gasteiger partial charge in [0.1, 0.15) is 11.5 Å². The van der Waals surface area contributed by atoms with E-state index in [4.69, 9.17) is 0 Å². The molecule has 3 aromatic heterocycles. The maximum atomic E-state index is 12.8. The van der Waals surface area contributed by atoms with Gasteiger partial charge in [0.15, 0.2) is 5.69 Å². The van der Waals surface area contributed by atoms with Gasteiger partial charge in [-0.05, 0) is 24.5 Å². The number of hydrogen-bond donors (Lipinski definition) is 1. The van der Waals surface area contributed by atoms with Crippen LogP contribution in [0.5, 0.6) is 0 Å². The Kier molecular flexibility index (Phi) is 3.99. The van der Waals surface area contributed by atoms with Crippen LogP contribution in [-0.2, 0) is 25.7 Å². The molecule has 1 aliphatic heterocycles. The highest BCUT2D eigenvalue weighted by atomic mass is 19.4. The van der Waals surface area contributed by atoms with E-state index in [9.17, 15) is 13.2 Å². The van der Waals surface area contributed by atoms with Crippen molar-refractivity contribution in [2.45, 2.75) is 32.1 Å². The SMILES string of the molecule is FC(F)(F)c1cn2c(n1)CC[C@H](CNCc1cccc3nccn13)C2. The molecule has 5 nitrogen and oxygen atoms in total. The van der Waals surface area contributed by atoms with Gasteiger partial charge in [-0.1, -0.05) is 6.07 Å². The Bertz CT molecular complexity index is 880. The van der Waals surface area contributed by atoms with Crippen molar-refractivity contribution in [2.75, 3.05) is 6.54 Å². The quantitative estimate of drug-likeness (QED) is 0.788. The second-order valence-electron chi connectivity index (χ2n) is 6.40. The molecule has 1 aliphatic rings. The highest BCUT2D eigenvalue weighted by Gasteiger charge is 2.35. The molecule has 1 N–H and O–H groups in total. The zero-order valence-electron chi connectivity index (χ0n) is 13.5. The number of fused-ring (bicyclic) bond motifs is 2. The third-order valence-corrected chi connectivity index (χ3v) is 4.63. The van der Waals surface area contributed by atoms with Crippen molar-refractivity contribution in [1.29, 1.82) is 0 Å². The first-order valence-corrected chi connectivity index (χ1v) is 8.25. The largest absolute Gasteiger partial charge is 0.434 e. The van der Waals surface area contributed by atoms with Gasteiger partial charge in [0.05, 0.1) is 0 Å². The number of nitrogens with zero attached hydrogens (tertiary/aromatic N) is 4. The lowest BCUT2D eigenvalue weighted by molar-refractivity contribution is -0.141. The Morgan fingerprint density at radius 2 is 2.16 bits per heavy atom. The fourth-order valence-corrected chi connectivity index (χ4v) is 3.37.